The van der Waals surface area contributed by atoms with Crippen LogP contribution in [0, 0.1) is 5.92 Å². The highest BCUT2D eigenvalue weighted by molar-refractivity contribution is 6.40. The molecule has 2 saturated heterocycles. The van der Waals surface area contributed by atoms with Gasteiger partial charge in [-0.15, -0.1) is 0 Å². The molecule has 2 bridgehead atoms. The summed E-state index contributed by atoms with van der Waals surface area (Å²) in [7, 11) is 1.30. The number of hydrogen-bond donors (Lipinski definition) is 3. The summed E-state index contributed by atoms with van der Waals surface area (Å²) in [5.41, 5.74) is 1.46. The Kier molecular flexibility index (Phi) is 7.70. The Labute approximate surface area is 207 Å². The Morgan fingerprint density at radius 2 is 1.74 bits per heavy atom. The Morgan fingerprint density at radius 1 is 1.09 bits per heavy atom. The van der Waals surface area contributed by atoms with E-state index >= 15 is 0 Å². The van der Waals surface area contributed by atoms with Gasteiger partial charge in [0.15, 0.2) is 0 Å². The first kappa shape index (κ1) is 24.4. The number of anilines is 1. The molecular weight excluding hydrogens is 479 g/mol. The molecule has 1 aromatic heterocycles. The first-order valence-electron chi connectivity index (χ1n) is 11.2. The van der Waals surface area contributed by atoms with Gasteiger partial charge in [0.05, 0.1) is 28.8 Å². The fraction of sp³-hybridized carbons (Fsp3) is 0.417. The highest BCUT2D eigenvalue weighted by Crippen LogP contribution is 2.33. The largest absolute Gasteiger partial charge is 0.467 e. The summed E-state index contributed by atoms with van der Waals surface area (Å²) in [6, 6.07) is 6.24. The van der Waals surface area contributed by atoms with Crippen molar-refractivity contribution in [1.29, 1.82) is 0 Å². The van der Waals surface area contributed by atoms with Crippen molar-refractivity contribution in [3.63, 3.8) is 0 Å². The lowest BCUT2D eigenvalue weighted by molar-refractivity contribution is -0.145. The number of ether oxygens (including phenoxy) is 1. The molecule has 10 heteroatoms. The lowest BCUT2D eigenvalue weighted by Gasteiger charge is -2.42. The van der Waals surface area contributed by atoms with E-state index in [4.69, 9.17) is 27.9 Å². The third-order valence-corrected chi connectivity index (χ3v) is 7.05. The van der Waals surface area contributed by atoms with E-state index in [1.54, 1.807) is 24.3 Å². The van der Waals surface area contributed by atoms with Crippen molar-refractivity contribution in [3.05, 3.63) is 57.8 Å². The molecule has 3 N–H and O–H groups in total. The molecule has 34 heavy (non-hydrogen) atoms. The Bertz CT molecular complexity index is 1050. The van der Waals surface area contributed by atoms with Gasteiger partial charge in [-0.3, -0.25) is 14.6 Å². The van der Waals surface area contributed by atoms with E-state index in [0.717, 1.165) is 31.2 Å². The van der Waals surface area contributed by atoms with Crippen molar-refractivity contribution in [2.24, 2.45) is 5.92 Å². The van der Waals surface area contributed by atoms with E-state index in [0.29, 0.717) is 17.6 Å². The molecule has 1 saturated carbocycles. The number of nitrogens with zero attached hydrogens (tertiary/aromatic N) is 1. The van der Waals surface area contributed by atoms with Crippen molar-refractivity contribution in [3.8, 4) is 0 Å². The van der Waals surface area contributed by atoms with E-state index in [1.807, 2.05) is 0 Å². The third kappa shape index (κ3) is 5.51. The molecule has 2 unspecified atom stereocenters. The van der Waals surface area contributed by atoms with Crippen LogP contribution >= 0.6 is 23.2 Å². The van der Waals surface area contributed by atoms with E-state index in [9.17, 15) is 14.4 Å². The fourth-order valence-corrected chi connectivity index (χ4v) is 5.21. The smallest absolute Gasteiger partial charge is 0.328 e. The SMILES string of the molecule is COC(=O)C(Cc1ccc(NC(=O)c2c(Cl)cncc2Cl)cc1)NC(=O)C1NC2CCC1CC2. The van der Waals surface area contributed by atoms with Crippen LogP contribution in [0.1, 0.15) is 41.6 Å². The van der Waals surface area contributed by atoms with Gasteiger partial charge in [0, 0.05) is 30.5 Å². The maximum Gasteiger partial charge on any atom is 0.328 e. The number of halogens is 2. The Hall–Kier alpha value is -2.68. The van der Waals surface area contributed by atoms with Crippen LogP contribution in [0.4, 0.5) is 5.69 Å². The van der Waals surface area contributed by atoms with Crippen molar-refractivity contribution >= 4 is 46.7 Å². The van der Waals surface area contributed by atoms with Gasteiger partial charge in [-0.05, 0) is 49.3 Å². The Morgan fingerprint density at radius 3 is 2.29 bits per heavy atom. The summed E-state index contributed by atoms with van der Waals surface area (Å²) in [6.45, 7) is 0. The van der Waals surface area contributed by atoms with Crippen molar-refractivity contribution in [1.82, 2.24) is 15.6 Å². The van der Waals surface area contributed by atoms with Gasteiger partial charge in [-0.1, -0.05) is 35.3 Å². The van der Waals surface area contributed by atoms with Crippen LogP contribution < -0.4 is 16.0 Å². The van der Waals surface area contributed by atoms with Gasteiger partial charge in [-0.25, -0.2) is 4.79 Å². The number of hydrogen-bond acceptors (Lipinski definition) is 6. The number of rotatable bonds is 7. The molecular formula is C24H26Cl2N4O4. The average Bonchev–Trinajstić information content (AvgIpc) is 2.84. The summed E-state index contributed by atoms with van der Waals surface area (Å²) in [5.74, 6) is -0.832. The molecule has 8 nitrogen and oxygen atoms in total. The highest BCUT2D eigenvalue weighted by atomic mass is 35.5. The molecule has 3 aliphatic rings. The van der Waals surface area contributed by atoms with Gasteiger partial charge in [0.1, 0.15) is 6.04 Å². The number of esters is 1. The fourth-order valence-electron chi connectivity index (χ4n) is 4.68. The molecule has 1 aromatic carbocycles. The van der Waals surface area contributed by atoms with Crippen molar-refractivity contribution < 1.29 is 19.1 Å². The highest BCUT2D eigenvalue weighted by Gasteiger charge is 2.40. The average molecular weight is 505 g/mol. The molecule has 1 aliphatic carbocycles. The number of carbonyl (C=O) groups is 3. The zero-order valence-electron chi connectivity index (χ0n) is 18.6. The van der Waals surface area contributed by atoms with Gasteiger partial charge in [0.25, 0.3) is 5.91 Å². The maximum atomic E-state index is 12.9. The summed E-state index contributed by atoms with van der Waals surface area (Å²) in [6.07, 6.45) is 7.20. The number of piperidine rings is 2. The monoisotopic (exact) mass is 504 g/mol. The molecule has 2 amide bonds. The van der Waals surface area contributed by atoms with Crippen molar-refractivity contribution in [2.75, 3.05) is 12.4 Å². The minimum Gasteiger partial charge on any atom is -0.467 e. The second-order valence-corrected chi connectivity index (χ2v) is 9.49. The number of aromatic nitrogens is 1. The molecule has 3 fully saturated rings. The summed E-state index contributed by atoms with van der Waals surface area (Å²) < 4.78 is 4.92. The number of nitrogens with one attached hydrogen (secondary N) is 3. The van der Waals surface area contributed by atoms with Crippen LogP contribution in [-0.4, -0.2) is 48.0 Å². The minimum atomic E-state index is -0.811. The van der Waals surface area contributed by atoms with Gasteiger partial charge in [-0.2, -0.15) is 0 Å². The van der Waals surface area contributed by atoms with Gasteiger partial charge >= 0.3 is 5.97 Å². The number of carbonyl (C=O) groups excluding carboxylic acids is 3. The molecule has 5 rings (SSSR count). The number of fused-ring (bicyclic) bond motifs is 3. The molecule has 2 aromatic rings. The zero-order chi connectivity index (χ0) is 24.2. The lowest BCUT2D eigenvalue weighted by atomic mass is 9.76. The Balaban J connectivity index is 1.40. The minimum absolute atomic E-state index is 0.140. The van der Waals surface area contributed by atoms with Crippen LogP contribution in [0.15, 0.2) is 36.7 Å². The van der Waals surface area contributed by atoms with Gasteiger partial charge < -0.3 is 20.7 Å². The van der Waals surface area contributed by atoms with Gasteiger partial charge in [0.2, 0.25) is 5.91 Å². The number of amides is 2. The predicted octanol–water partition coefficient (Wildman–Crippen LogP) is 3.37. The first-order chi connectivity index (χ1) is 16.4. The van der Waals surface area contributed by atoms with Crippen LogP contribution in [0.5, 0.6) is 0 Å². The summed E-state index contributed by atoms with van der Waals surface area (Å²) in [4.78, 5) is 41.7. The van der Waals surface area contributed by atoms with E-state index in [2.05, 4.69) is 20.9 Å². The number of pyridine rings is 1. The predicted molar refractivity (Wildman–Crippen MR) is 129 cm³/mol. The standard InChI is InChI=1S/C24H26Cl2N4O4/c1-34-24(33)19(30-23(32)21-14-4-8-15(28-21)9-5-14)10-13-2-6-16(7-3-13)29-22(31)20-17(25)11-27-12-18(20)26/h2-3,6-7,11-12,14-15,19,21,28H,4-5,8-10H2,1H3,(H,29,31)(H,30,32). The van der Waals surface area contributed by atoms with E-state index in [-0.39, 0.29) is 34.0 Å². The zero-order valence-corrected chi connectivity index (χ0v) is 20.2. The van der Waals surface area contributed by atoms with E-state index in [1.165, 1.54) is 19.5 Å². The molecule has 3 heterocycles. The second kappa shape index (κ2) is 10.7. The topological polar surface area (TPSA) is 109 Å². The van der Waals surface area contributed by atoms with Crippen molar-refractivity contribution in [2.45, 2.75) is 50.2 Å². The number of methoxy groups -OCH3 is 1. The molecule has 2 aliphatic heterocycles. The maximum absolute atomic E-state index is 12.9. The third-order valence-electron chi connectivity index (χ3n) is 6.48. The molecule has 180 valence electrons. The van der Waals surface area contributed by atoms with Crippen LogP contribution in [-0.2, 0) is 20.7 Å². The van der Waals surface area contributed by atoms with Crippen LogP contribution in [0.2, 0.25) is 10.0 Å². The second-order valence-electron chi connectivity index (χ2n) is 8.67. The first-order valence-corrected chi connectivity index (χ1v) is 11.9. The summed E-state index contributed by atoms with van der Waals surface area (Å²) in [5, 5.41) is 9.31. The molecule has 0 radical (unpaired) electrons. The lowest BCUT2D eigenvalue weighted by Crippen LogP contribution is -2.60. The normalized spacial score (nSPS) is 22.0. The molecule has 0 spiro atoms. The van der Waals surface area contributed by atoms with Crippen LogP contribution in [0.25, 0.3) is 0 Å². The number of benzene rings is 1. The summed E-state index contributed by atoms with van der Waals surface area (Å²) >= 11 is 12.1. The van der Waals surface area contributed by atoms with E-state index < -0.39 is 17.9 Å². The quantitative estimate of drug-likeness (QED) is 0.498. The molecule has 2 atom stereocenters. The van der Waals surface area contributed by atoms with Crippen LogP contribution in [0.3, 0.4) is 0 Å².